The second-order valence-corrected chi connectivity index (χ2v) is 6.53. The van der Waals surface area contributed by atoms with Crippen molar-refractivity contribution in [2.45, 2.75) is 44.9 Å². The number of hydrogen-bond acceptors (Lipinski definition) is 3. The number of nitrogens with two attached hydrogens (primary N) is 1. The van der Waals surface area contributed by atoms with Gasteiger partial charge in [0.15, 0.2) is 0 Å². The summed E-state index contributed by atoms with van der Waals surface area (Å²) < 4.78 is 27.0. The zero-order valence-electron chi connectivity index (χ0n) is 12.0. The Labute approximate surface area is 116 Å². The number of hydrogen-bond donors (Lipinski definition) is 1. The summed E-state index contributed by atoms with van der Waals surface area (Å²) in [5.41, 5.74) is 7.06. The summed E-state index contributed by atoms with van der Waals surface area (Å²) in [5, 5.41) is 0. The third-order valence-electron chi connectivity index (χ3n) is 3.04. The van der Waals surface area contributed by atoms with E-state index in [1.165, 1.54) is 0 Å². The van der Waals surface area contributed by atoms with Crippen LogP contribution in [0.1, 0.15) is 39.2 Å². The molecule has 0 unspecified atom stereocenters. The summed E-state index contributed by atoms with van der Waals surface area (Å²) in [7, 11) is -3.44. The topological polar surface area (TPSA) is 63.4 Å². The fraction of sp³-hybridized carbons (Fsp3) is 0.571. The predicted molar refractivity (Wildman–Crippen MR) is 79.6 cm³/mol. The van der Waals surface area contributed by atoms with E-state index >= 15 is 0 Å². The lowest BCUT2D eigenvalue weighted by Gasteiger charge is -2.22. The average molecular weight is 284 g/mol. The Morgan fingerprint density at radius 2 is 1.68 bits per heavy atom. The van der Waals surface area contributed by atoms with Gasteiger partial charge in [-0.3, -0.25) is 0 Å². The van der Waals surface area contributed by atoms with Crippen LogP contribution in [0.2, 0.25) is 0 Å². The van der Waals surface area contributed by atoms with Crippen LogP contribution >= 0.6 is 0 Å². The third-order valence-corrected chi connectivity index (χ3v) is 5.02. The maximum atomic E-state index is 12.7. The highest BCUT2D eigenvalue weighted by Gasteiger charge is 2.25. The van der Waals surface area contributed by atoms with Crippen LogP contribution in [0.5, 0.6) is 0 Å². The van der Waals surface area contributed by atoms with E-state index in [9.17, 15) is 8.42 Å². The van der Waals surface area contributed by atoms with Crippen LogP contribution in [0.15, 0.2) is 23.1 Å². The molecule has 0 saturated carbocycles. The van der Waals surface area contributed by atoms with E-state index in [2.05, 4.69) is 0 Å². The van der Waals surface area contributed by atoms with Crippen molar-refractivity contribution in [1.29, 1.82) is 0 Å². The second kappa shape index (κ2) is 6.91. The van der Waals surface area contributed by atoms with Crippen LogP contribution in [0.4, 0.5) is 5.69 Å². The van der Waals surface area contributed by atoms with Gasteiger partial charge in [-0.05, 0) is 37.0 Å². The molecule has 108 valence electrons. The predicted octanol–water partition coefficient (Wildman–Crippen LogP) is 2.64. The van der Waals surface area contributed by atoms with Crippen molar-refractivity contribution >= 4 is 15.7 Å². The maximum Gasteiger partial charge on any atom is 0.243 e. The highest BCUT2D eigenvalue weighted by atomic mass is 32.2. The normalized spacial score (nSPS) is 12.0. The molecular weight excluding hydrogens is 260 g/mol. The minimum absolute atomic E-state index is 0.358. The smallest absolute Gasteiger partial charge is 0.243 e. The number of sulfonamides is 1. The standard InChI is InChI=1S/C14H24N2O2S/c1-4-9-16(10-5-2)19(17,18)14-11-13(15)8-7-12(14)6-3/h7-8,11H,4-6,9-10,15H2,1-3H3. The Morgan fingerprint density at radius 1 is 1.11 bits per heavy atom. The summed E-state index contributed by atoms with van der Waals surface area (Å²) in [6, 6.07) is 5.13. The van der Waals surface area contributed by atoms with Gasteiger partial charge in [-0.1, -0.05) is 26.8 Å². The summed E-state index contributed by atoms with van der Waals surface area (Å²) >= 11 is 0. The molecule has 0 atom stereocenters. The van der Waals surface area contributed by atoms with Gasteiger partial charge in [-0.15, -0.1) is 0 Å². The Morgan fingerprint density at radius 3 is 2.16 bits per heavy atom. The molecule has 1 aromatic rings. The van der Waals surface area contributed by atoms with Crippen molar-refractivity contribution in [3.8, 4) is 0 Å². The molecule has 2 N–H and O–H groups in total. The van der Waals surface area contributed by atoms with E-state index in [1.54, 1.807) is 22.5 Å². The molecule has 0 spiro atoms. The molecule has 19 heavy (non-hydrogen) atoms. The molecule has 1 aromatic carbocycles. The third kappa shape index (κ3) is 3.70. The Kier molecular flexibility index (Phi) is 5.82. The monoisotopic (exact) mass is 284 g/mol. The molecule has 1 rings (SSSR count). The minimum Gasteiger partial charge on any atom is -0.399 e. The van der Waals surface area contributed by atoms with Crippen LogP contribution in [-0.4, -0.2) is 25.8 Å². The van der Waals surface area contributed by atoms with Crippen LogP contribution in [0.25, 0.3) is 0 Å². The molecule has 0 fully saturated rings. The summed E-state index contributed by atoms with van der Waals surface area (Å²) in [6.45, 7) is 7.02. The van der Waals surface area contributed by atoms with Crippen molar-refractivity contribution in [3.63, 3.8) is 0 Å². The number of anilines is 1. The first-order valence-electron chi connectivity index (χ1n) is 6.85. The summed E-state index contributed by atoms with van der Waals surface area (Å²) in [5.74, 6) is 0. The first kappa shape index (κ1) is 16.0. The largest absolute Gasteiger partial charge is 0.399 e. The van der Waals surface area contributed by atoms with Gasteiger partial charge in [0.2, 0.25) is 10.0 Å². The average Bonchev–Trinajstić information content (AvgIpc) is 2.38. The van der Waals surface area contributed by atoms with Gasteiger partial charge in [0.25, 0.3) is 0 Å². The van der Waals surface area contributed by atoms with Crippen LogP contribution in [0, 0.1) is 0 Å². The molecule has 0 aliphatic heterocycles. The van der Waals surface area contributed by atoms with Gasteiger partial charge >= 0.3 is 0 Å². The molecule has 4 nitrogen and oxygen atoms in total. The van der Waals surface area contributed by atoms with E-state index in [4.69, 9.17) is 5.73 Å². The van der Waals surface area contributed by atoms with Crippen molar-refractivity contribution in [2.75, 3.05) is 18.8 Å². The lowest BCUT2D eigenvalue weighted by Crippen LogP contribution is -2.33. The Hall–Kier alpha value is -1.07. The minimum atomic E-state index is -3.44. The van der Waals surface area contributed by atoms with Crippen LogP contribution in [0.3, 0.4) is 0 Å². The molecule has 0 aliphatic rings. The first-order chi connectivity index (χ1) is 8.97. The molecule has 5 heteroatoms. The quantitative estimate of drug-likeness (QED) is 0.783. The van der Waals surface area contributed by atoms with Gasteiger partial charge in [-0.2, -0.15) is 4.31 Å². The number of aryl methyl sites for hydroxylation is 1. The Balaban J connectivity index is 3.27. The van der Waals surface area contributed by atoms with Gasteiger partial charge < -0.3 is 5.73 Å². The highest BCUT2D eigenvalue weighted by Crippen LogP contribution is 2.23. The van der Waals surface area contributed by atoms with E-state index in [0.29, 0.717) is 30.1 Å². The van der Waals surface area contributed by atoms with Gasteiger partial charge in [-0.25, -0.2) is 8.42 Å². The zero-order valence-corrected chi connectivity index (χ0v) is 12.8. The number of nitrogens with zero attached hydrogens (tertiary/aromatic N) is 1. The van der Waals surface area contributed by atoms with Crippen molar-refractivity contribution in [2.24, 2.45) is 0 Å². The fourth-order valence-corrected chi connectivity index (χ4v) is 4.05. The molecule has 0 aromatic heterocycles. The molecule has 0 radical (unpaired) electrons. The number of nitrogen functional groups attached to an aromatic ring is 1. The van der Waals surface area contributed by atoms with E-state index in [0.717, 1.165) is 18.4 Å². The molecule has 0 saturated heterocycles. The van der Waals surface area contributed by atoms with Gasteiger partial charge in [0.05, 0.1) is 4.90 Å². The van der Waals surface area contributed by atoms with Gasteiger partial charge in [0, 0.05) is 18.8 Å². The molecule has 0 heterocycles. The van der Waals surface area contributed by atoms with Crippen molar-refractivity contribution < 1.29 is 8.42 Å². The maximum absolute atomic E-state index is 12.7. The lowest BCUT2D eigenvalue weighted by atomic mass is 10.1. The summed E-state index contributed by atoms with van der Waals surface area (Å²) in [4.78, 5) is 0.358. The van der Waals surface area contributed by atoms with E-state index in [1.807, 2.05) is 20.8 Å². The first-order valence-corrected chi connectivity index (χ1v) is 8.29. The molecule has 0 bridgehead atoms. The van der Waals surface area contributed by atoms with E-state index < -0.39 is 10.0 Å². The summed E-state index contributed by atoms with van der Waals surface area (Å²) in [6.07, 6.45) is 2.30. The molecule has 0 amide bonds. The SMILES string of the molecule is CCCN(CCC)S(=O)(=O)c1cc(N)ccc1CC. The Bertz CT molecular complexity index is 506. The second-order valence-electron chi connectivity index (χ2n) is 4.62. The zero-order chi connectivity index (χ0) is 14.5. The van der Waals surface area contributed by atoms with Gasteiger partial charge in [0.1, 0.15) is 0 Å². The van der Waals surface area contributed by atoms with Crippen molar-refractivity contribution in [1.82, 2.24) is 4.31 Å². The highest BCUT2D eigenvalue weighted by molar-refractivity contribution is 7.89. The lowest BCUT2D eigenvalue weighted by molar-refractivity contribution is 0.409. The van der Waals surface area contributed by atoms with Crippen LogP contribution < -0.4 is 5.73 Å². The fourth-order valence-electron chi connectivity index (χ4n) is 2.09. The van der Waals surface area contributed by atoms with Crippen molar-refractivity contribution in [3.05, 3.63) is 23.8 Å². The molecule has 0 aliphatic carbocycles. The van der Waals surface area contributed by atoms with E-state index in [-0.39, 0.29) is 0 Å². The number of benzene rings is 1. The molecular formula is C14H24N2O2S. The number of rotatable bonds is 7. The van der Waals surface area contributed by atoms with Crippen LogP contribution in [-0.2, 0) is 16.4 Å².